The number of aromatic nitrogens is 1. The van der Waals surface area contributed by atoms with Gasteiger partial charge in [0.2, 0.25) is 15.5 Å². The maximum absolute atomic E-state index is 12.0. The molecule has 100 valence electrons. The Kier molecular flexibility index (Phi) is 3.08. The van der Waals surface area contributed by atoms with Gasteiger partial charge in [0.25, 0.3) is 0 Å². The van der Waals surface area contributed by atoms with Crippen molar-refractivity contribution in [1.29, 1.82) is 0 Å². The molecule has 7 heteroatoms. The van der Waals surface area contributed by atoms with Gasteiger partial charge in [0, 0.05) is 29.9 Å². The summed E-state index contributed by atoms with van der Waals surface area (Å²) in [5.74, 6) is 0. The fourth-order valence-corrected chi connectivity index (χ4v) is 3.42. The van der Waals surface area contributed by atoms with E-state index < -0.39 is 27.0 Å². The minimum atomic E-state index is -3.85. The molecule has 1 aromatic heterocycles. The number of hydrogen-bond acceptors (Lipinski definition) is 4. The fraction of sp³-hybridized carbons (Fsp3) is 0.545. The molecule has 2 atom stereocenters. The molecule has 0 saturated heterocycles. The van der Waals surface area contributed by atoms with Gasteiger partial charge >= 0.3 is 0 Å². The molecule has 1 aliphatic carbocycles. The molecule has 0 radical (unpaired) electrons. The fourth-order valence-electron chi connectivity index (χ4n) is 1.96. The first-order chi connectivity index (χ1) is 8.25. The van der Waals surface area contributed by atoms with E-state index in [-0.39, 0.29) is 10.9 Å². The van der Waals surface area contributed by atoms with Crippen LogP contribution in [-0.2, 0) is 10.0 Å². The Morgan fingerprint density at radius 2 is 2.17 bits per heavy atom. The van der Waals surface area contributed by atoms with Gasteiger partial charge in [0.05, 0.1) is 6.10 Å². The van der Waals surface area contributed by atoms with Crippen LogP contribution in [0.2, 0.25) is 0 Å². The molecule has 6 nitrogen and oxygen atoms in total. The molecule has 1 fully saturated rings. The van der Waals surface area contributed by atoms with Gasteiger partial charge in [0.15, 0.2) is 0 Å². The van der Waals surface area contributed by atoms with Crippen molar-refractivity contribution in [3.05, 3.63) is 28.7 Å². The lowest BCUT2D eigenvalue weighted by molar-refractivity contribution is -0.0645. The van der Waals surface area contributed by atoms with Gasteiger partial charge in [0.1, 0.15) is 4.90 Å². The van der Waals surface area contributed by atoms with E-state index in [9.17, 15) is 18.3 Å². The zero-order valence-electron chi connectivity index (χ0n) is 10.2. The van der Waals surface area contributed by atoms with E-state index in [0.29, 0.717) is 6.42 Å². The number of hydrogen-bond donors (Lipinski definition) is 3. The Morgan fingerprint density at radius 3 is 2.67 bits per heavy atom. The second kappa shape index (κ2) is 4.18. The third-order valence-electron chi connectivity index (χ3n) is 3.59. The standard InChI is InChI=1S/C11H16N2O4S/c1-11(2)9(5-10(11)15)13-18(16,17)8-6-12-4-3-7(8)14/h3-4,6,9-10,13,15H,5H2,1-2H3,(H,12,14). The molecule has 0 amide bonds. The van der Waals surface area contributed by atoms with Crippen LogP contribution in [0.4, 0.5) is 0 Å². The van der Waals surface area contributed by atoms with Crippen molar-refractivity contribution >= 4 is 10.0 Å². The highest BCUT2D eigenvalue weighted by atomic mass is 32.2. The van der Waals surface area contributed by atoms with Gasteiger partial charge in [-0.2, -0.15) is 0 Å². The van der Waals surface area contributed by atoms with Crippen molar-refractivity contribution in [1.82, 2.24) is 9.71 Å². The first-order valence-electron chi connectivity index (χ1n) is 5.62. The summed E-state index contributed by atoms with van der Waals surface area (Å²) in [4.78, 5) is 13.8. The van der Waals surface area contributed by atoms with Gasteiger partial charge < -0.3 is 10.1 Å². The van der Waals surface area contributed by atoms with Gasteiger partial charge in [-0.25, -0.2) is 13.1 Å². The number of aliphatic hydroxyl groups excluding tert-OH is 1. The highest BCUT2D eigenvalue weighted by molar-refractivity contribution is 7.89. The van der Waals surface area contributed by atoms with Crippen molar-refractivity contribution in [2.45, 2.75) is 37.3 Å². The van der Waals surface area contributed by atoms with Crippen LogP contribution in [0.1, 0.15) is 20.3 Å². The van der Waals surface area contributed by atoms with E-state index in [1.807, 2.05) is 0 Å². The van der Waals surface area contributed by atoms with E-state index >= 15 is 0 Å². The van der Waals surface area contributed by atoms with Gasteiger partial charge in [-0.05, 0) is 6.42 Å². The largest absolute Gasteiger partial charge is 0.392 e. The lowest BCUT2D eigenvalue weighted by atomic mass is 9.65. The van der Waals surface area contributed by atoms with Crippen molar-refractivity contribution in [2.75, 3.05) is 0 Å². The third kappa shape index (κ3) is 2.09. The van der Waals surface area contributed by atoms with Crippen LogP contribution in [0, 0.1) is 5.41 Å². The molecule has 0 aliphatic heterocycles. The molecule has 1 aliphatic rings. The maximum atomic E-state index is 12.0. The zero-order valence-corrected chi connectivity index (χ0v) is 11.0. The molecule has 1 heterocycles. The summed E-state index contributed by atoms with van der Waals surface area (Å²) in [5.41, 5.74) is -1.08. The quantitative estimate of drug-likeness (QED) is 0.710. The molecule has 0 spiro atoms. The Hall–Kier alpha value is -1.18. The van der Waals surface area contributed by atoms with Crippen molar-refractivity contribution in [3.63, 3.8) is 0 Å². The smallest absolute Gasteiger partial charge is 0.246 e. The Labute approximate surface area is 105 Å². The van der Waals surface area contributed by atoms with E-state index in [0.717, 1.165) is 12.3 Å². The van der Waals surface area contributed by atoms with Crippen molar-refractivity contribution in [3.8, 4) is 0 Å². The minimum Gasteiger partial charge on any atom is -0.392 e. The molecular formula is C11H16N2O4S. The summed E-state index contributed by atoms with van der Waals surface area (Å²) in [6.45, 7) is 3.56. The van der Waals surface area contributed by atoms with Crippen LogP contribution in [0.3, 0.4) is 0 Å². The van der Waals surface area contributed by atoms with Gasteiger partial charge in [-0.1, -0.05) is 13.8 Å². The lowest BCUT2D eigenvalue weighted by Crippen LogP contribution is -2.61. The predicted molar refractivity (Wildman–Crippen MR) is 65.6 cm³/mol. The van der Waals surface area contributed by atoms with Crippen LogP contribution < -0.4 is 10.2 Å². The van der Waals surface area contributed by atoms with E-state index in [4.69, 9.17) is 0 Å². The molecule has 2 unspecified atom stereocenters. The SMILES string of the molecule is CC1(C)C(O)CC1NS(=O)(=O)c1c[nH]ccc1=O. The maximum Gasteiger partial charge on any atom is 0.246 e. The number of H-pyrrole nitrogens is 1. The molecule has 1 aromatic rings. The molecule has 18 heavy (non-hydrogen) atoms. The van der Waals surface area contributed by atoms with E-state index in [1.54, 1.807) is 13.8 Å². The summed E-state index contributed by atoms with van der Waals surface area (Å²) < 4.78 is 26.5. The van der Waals surface area contributed by atoms with Crippen LogP contribution in [0.5, 0.6) is 0 Å². The highest BCUT2D eigenvalue weighted by Crippen LogP contribution is 2.40. The molecule has 0 aromatic carbocycles. The summed E-state index contributed by atoms with van der Waals surface area (Å²) >= 11 is 0. The summed E-state index contributed by atoms with van der Waals surface area (Å²) in [7, 11) is -3.85. The van der Waals surface area contributed by atoms with Crippen LogP contribution in [0.25, 0.3) is 0 Å². The minimum absolute atomic E-state index is 0.304. The third-order valence-corrected chi connectivity index (χ3v) is 5.08. The number of aromatic amines is 1. The van der Waals surface area contributed by atoms with Crippen LogP contribution in [0.15, 0.2) is 28.2 Å². The average Bonchev–Trinajstić information content (AvgIpc) is 2.29. The van der Waals surface area contributed by atoms with Crippen molar-refractivity contribution in [2.24, 2.45) is 5.41 Å². The molecular weight excluding hydrogens is 256 g/mol. The zero-order chi connectivity index (χ0) is 13.6. The number of nitrogens with one attached hydrogen (secondary N) is 2. The normalized spacial score (nSPS) is 26.6. The van der Waals surface area contributed by atoms with Crippen LogP contribution >= 0.6 is 0 Å². The average molecular weight is 272 g/mol. The predicted octanol–water partition coefficient (Wildman–Crippen LogP) is -0.187. The first-order valence-corrected chi connectivity index (χ1v) is 7.11. The number of aliphatic hydroxyl groups is 1. The summed E-state index contributed by atoms with van der Waals surface area (Å²) in [6.07, 6.45) is 2.36. The second-order valence-corrected chi connectivity index (χ2v) is 6.80. The van der Waals surface area contributed by atoms with Crippen LogP contribution in [-0.4, -0.2) is 30.7 Å². The lowest BCUT2D eigenvalue weighted by Gasteiger charge is -2.49. The Bertz CT molecular complexity index is 605. The Balaban J connectivity index is 2.25. The molecule has 3 N–H and O–H groups in total. The number of pyridine rings is 1. The number of rotatable bonds is 3. The summed E-state index contributed by atoms with van der Waals surface area (Å²) in [5, 5.41) is 9.57. The van der Waals surface area contributed by atoms with E-state index in [1.165, 1.54) is 6.20 Å². The topological polar surface area (TPSA) is 99.3 Å². The first kappa shape index (κ1) is 13.3. The molecule has 1 saturated carbocycles. The monoisotopic (exact) mass is 272 g/mol. The highest BCUT2D eigenvalue weighted by Gasteiger charge is 2.49. The Morgan fingerprint density at radius 1 is 1.50 bits per heavy atom. The molecule has 0 bridgehead atoms. The van der Waals surface area contributed by atoms with E-state index in [2.05, 4.69) is 9.71 Å². The second-order valence-electron chi connectivity index (χ2n) is 5.12. The van der Waals surface area contributed by atoms with Gasteiger partial charge in [-0.15, -0.1) is 0 Å². The molecule has 2 rings (SSSR count). The summed E-state index contributed by atoms with van der Waals surface area (Å²) in [6, 6.07) is 0.798. The van der Waals surface area contributed by atoms with Crippen molar-refractivity contribution < 1.29 is 13.5 Å². The number of sulfonamides is 1. The van der Waals surface area contributed by atoms with Gasteiger partial charge in [-0.3, -0.25) is 4.79 Å².